The second-order valence-corrected chi connectivity index (χ2v) is 9.85. The number of fused-ring (bicyclic) bond motifs is 1. The Morgan fingerprint density at radius 1 is 0.816 bits per heavy atom. The number of amides is 1. The van der Waals surface area contributed by atoms with Crippen LogP contribution in [0.15, 0.2) is 94.7 Å². The van der Waals surface area contributed by atoms with Gasteiger partial charge in [-0.15, -0.1) is 0 Å². The monoisotopic (exact) mass is 507 g/mol. The van der Waals surface area contributed by atoms with Gasteiger partial charge in [0.25, 0.3) is 11.5 Å². The fourth-order valence-corrected chi connectivity index (χ4v) is 5.42. The molecular formula is C30H31N6O2+. The molecule has 0 spiro atoms. The van der Waals surface area contributed by atoms with Crippen LogP contribution >= 0.6 is 0 Å². The fourth-order valence-electron chi connectivity index (χ4n) is 5.42. The van der Waals surface area contributed by atoms with Gasteiger partial charge in [-0.25, -0.2) is 9.67 Å². The summed E-state index contributed by atoms with van der Waals surface area (Å²) in [5, 5.41) is 0. The molecule has 6 rings (SSSR count). The lowest BCUT2D eigenvalue weighted by atomic mass is 10.1. The van der Waals surface area contributed by atoms with E-state index in [4.69, 9.17) is 4.99 Å². The van der Waals surface area contributed by atoms with Crippen LogP contribution < -0.4 is 20.3 Å². The molecule has 0 bridgehead atoms. The van der Waals surface area contributed by atoms with Crippen LogP contribution in [0.2, 0.25) is 0 Å². The van der Waals surface area contributed by atoms with Crippen LogP contribution in [-0.2, 0) is 11.8 Å². The second-order valence-electron chi connectivity index (χ2n) is 9.85. The van der Waals surface area contributed by atoms with Crippen molar-refractivity contribution in [2.24, 2.45) is 12.0 Å². The summed E-state index contributed by atoms with van der Waals surface area (Å²) in [6, 6.07) is 27.7. The molecule has 0 aliphatic carbocycles. The maximum absolute atomic E-state index is 13.8. The highest BCUT2D eigenvalue weighted by molar-refractivity contribution is 6.54. The number of carbonyl (C=O) groups is 1. The third-order valence-electron chi connectivity index (χ3n) is 7.62. The second kappa shape index (κ2) is 9.79. The lowest BCUT2D eigenvalue weighted by molar-refractivity contribution is -0.899. The van der Waals surface area contributed by atoms with Gasteiger partial charge < -0.3 is 9.80 Å². The van der Waals surface area contributed by atoms with Gasteiger partial charge in [0.15, 0.2) is 12.4 Å². The van der Waals surface area contributed by atoms with Crippen LogP contribution in [0.1, 0.15) is 11.3 Å². The van der Waals surface area contributed by atoms with E-state index in [9.17, 15) is 9.59 Å². The number of carbonyl (C=O) groups excluding carboxylic acids is 1. The molecule has 192 valence electrons. The van der Waals surface area contributed by atoms with Gasteiger partial charge in [-0.1, -0.05) is 54.6 Å². The van der Waals surface area contributed by atoms with Gasteiger partial charge in [0.2, 0.25) is 0 Å². The Bertz CT molecular complexity index is 1560. The van der Waals surface area contributed by atoms with E-state index in [1.54, 1.807) is 9.36 Å². The van der Waals surface area contributed by atoms with Crippen LogP contribution in [0.4, 0.5) is 17.1 Å². The Morgan fingerprint density at radius 3 is 2.11 bits per heavy atom. The Kier molecular flexibility index (Phi) is 6.17. The van der Waals surface area contributed by atoms with Gasteiger partial charge in [0, 0.05) is 18.3 Å². The molecule has 2 aliphatic heterocycles. The number of nitrogens with zero attached hydrogens (tertiary/aromatic N) is 5. The molecule has 0 atom stereocenters. The van der Waals surface area contributed by atoms with E-state index in [1.807, 2.05) is 79.5 Å². The van der Waals surface area contributed by atoms with E-state index in [0.717, 1.165) is 43.1 Å². The number of aromatic nitrogens is 2. The van der Waals surface area contributed by atoms with Gasteiger partial charge in [-0.05, 0) is 37.3 Å². The lowest BCUT2D eigenvalue weighted by Crippen LogP contribution is -3.16. The van der Waals surface area contributed by atoms with Crippen LogP contribution in [-0.4, -0.2) is 53.8 Å². The van der Waals surface area contributed by atoms with Gasteiger partial charge >= 0.3 is 0 Å². The number of hydrogen-bond acceptors (Lipinski definition) is 4. The highest BCUT2D eigenvalue weighted by Crippen LogP contribution is 2.30. The minimum absolute atomic E-state index is 0.155. The first-order valence-corrected chi connectivity index (χ1v) is 13.0. The number of para-hydroxylation sites is 3. The zero-order valence-corrected chi connectivity index (χ0v) is 21.7. The van der Waals surface area contributed by atoms with Crippen molar-refractivity contribution in [2.45, 2.75) is 6.92 Å². The molecule has 1 fully saturated rings. The van der Waals surface area contributed by atoms with Gasteiger partial charge in [-0.2, -0.15) is 0 Å². The SMILES string of the molecule is Cc1c(N=C2C(=O)N(C[NH+]3CCN(c4ccccc4)CC3)c3ccccc32)c(=O)n(-c2ccccc2)n1C. The van der Waals surface area contributed by atoms with Crippen molar-refractivity contribution in [3.63, 3.8) is 0 Å². The molecule has 2 aliphatic rings. The van der Waals surface area contributed by atoms with E-state index in [-0.39, 0.29) is 11.5 Å². The smallest absolute Gasteiger partial charge is 0.297 e. The molecular weight excluding hydrogens is 476 g/mol. The Labute approximate surface area is 221 Å². The third-order valence-corrected chi connectivity index (χ3v) is 7.62. The number of quaternary nitrogens is 1. The van der Waals surface area contributed by atoms with Crippen molar-refractivity contribution in [3.8, 4) is 5.69 Å². The highest BCUT2D eigenvalue weighted by Gasteiger charge is 2.37. The molecule has 1 amide bonds. The summed E-state index contributed by atoms with van der Waals surface area (Å²) in [6.07, 6.45) is 0. The molecule has 3 aromatic carbocycles. The molecule has 8 nitrogen and oxygen atoms in total. The Balaban J connectivity index is 1.28. The molecule has 8 heteroatoms. The quantitative estimate of drug-likeness (QED) is 0.451. The van der Waals surface area contributed by atoms with Crippen molar-refractivity contribution in [1.82, 2.24) is 9.36 Å². The minimum Gasteiger partial charge on any atom is -0.360 e. The molecule has 38 heavy (non-hydrogen) atoms. The number of hydrogen-bond donors (Lipinski definition) is 1. The molecule has 0 saturated carbocycles. The summed E-state index contributed by atoms with van der Waals surface area (Å²) in [6.45, 7) is 6.18. The fraction of sp³-hybridized carbons (Fsp3) is 0.233. The maximum atomic E-state index is 13.8. The van der Waals surface area contributed by atoms with Gasteiger partial charge in [0.1, 0.15) is 5.71 Å². The molecule has 1 saturated heterocycles. The van der Waals surface area contributed by atoms with Crippen molar-refractivity contribution in [3.05, 3.63) is 107 Å². The molecule has 0 unspecified atom stereocenters. The number of rotatable bonds is 5. The summed E-state index contributed by atoms with van der Waals surface area (Å²) in [5.41, 5.74) is 4.71. The lowest BCUT2D eigenvalue weighted by Gasteiger charge is -2.35. The van der Waals surface area contributed by atoms with Gasteiger partial charge in [-0.3, -0.25) is 19.2 Å². The topological polar surface area (TPSA) is 67.3 Å². The van der Waals surface area contributed by atoms with Crippen LogP contribution in [0.25, 0.3) is 5.69 Å². The van der Waals surface area contributed by atoms with E-state index in [1.165, 1.54) is 10.6 Å². The van der Waals surface area contributed by atoms with Crippen molar-refractivity contribution < 1.29 is 9.69 Å². The van der Waals surface area contributed by atoms with Gasteiger partial charge in [0.05, 0.1) is 43.2 Å². The first kappa shape index (κ1) is 23.9. The molecule has 4 aromatic rings. The zero-order chi connectivity index (χ0) is 26.2. The first-order valence-electron chi connectivity index (χ1n) is 13.0. The summed E-state index contributed by atoms with van der Waals surface area (Å²) in [5.74, 6) is -0.155. The summed E-state index contributed by atoms with van der Waals surface area (Å²) in [4.78, 5) is 37.5. The van der Waals surface area contributed by atoms with Crippen LogP contribution in [0.5, 0.6) is 0 Å². The predicted molar refractivity (Wildman–Crippen MR) is 150 cm³/mol. The number of aliphatic imine (C=N–C) groups is 1. The molecule has 3 heterocycles. The average Bonchev–Trinajstić information content (AvgIpc) is 3.34. The van der Waals surface area contributed by atoms with Crippen molar-refractivity contribution >= 4 is 28.7 Å². The van der Waals surface area contributed by atoms with E-state index in [0.29, 0.717) is 23.8 Å². The Hall–Kier alpha value is -4.43. The third kappa shape index (κ3) is 4.13. The standard InChI is InChI=1S/C30H30N6O2/c1-22-27(30(38)36(32(22)2)24-13-7-4-8-14-24)31-28-25-15-9-10-16-26(25)35(29(28)37)21-33-17-19-34(20-18-33)23-11-5-3-6-12-23/h3-16H,17-21H2,1-2H3/p+1. The summed E-state index contributed by atoms with van der Waals surface area (Å²) >= 11 is 0. The zero-order valence-electron chi connectivity index (χ0n) is 21.7. The minimum atomic E-state index is -0.241. The van der Waals surface area contributed by atoms with E-state index in [2.05, 4.69) is 29.2 Å². The van der Waals surface area contributed by atoms with Crippen molar-refractivity contribution in [1.29, 1.82) is 0 Å². The van der Waals surface area contributed by atoms with Crippen LogP contribution in [0.3, 0.4) is 0 Å². The number of piperazine rings is 1. The highest BCUT2D eigenvalue weighted by atomic mass is 16.2. The van der Waals surface area contributed by atoms with E-state index >= 15 is 0 Å². The summed E-state index contributed by atoms with van der Waals surface area (Å²) < 4.78 is 3.38. The van der Waals surface area contributed by atoms with Crippen LogP contribution in [0, 0.1) is 6.92 Å². The normalized spacial score (nSPS) is 16.9. The largest absolute Gasteiger partial charge is 0.360 e. The van der Waals surface area contributed by atoms with Crippen molar-refractivity contribution in [2.75, 3.05) is 42.6 Å². The molecule has 1 aromatic heterocycles. The molecule has 0 radical (unpaired) electrons. The number of anilines is 2. The molecule has 1 N–H and O–H groups in total. The number of nitrogens with one attached hydrogen (secondary N) is 1. The first-order chi connectivity index (χ1) is 18.5. The number of benzene rings is 3. The maximum Gasteiger partial charge on any atom is 0.297 e. The predicted octanol–water partition coefficient (Wildman–Crippen LogP) is 2.31. The Morgan fingerprint density at radius 2 is 1.42 bits per heavy atom. The average molecular weight is 508 g/mol. The van der Waals surface area contributed by atoms with E-state index < -0.39 is 0 Å². The summed E-state index contributed by atoms with van der Waals surface area (Å²) in [7, 11) is 1.84.